The summed E-state index contributed by atoms with van der Waals surface area (Å²) in [7, 11) is 0. The molecule has 31 heavy (non-hydrogen) atoms. The van der Waals surface area contributed by atoms with Crippen LogP contribution in [0.3, 0.4) is 0 Å². The number of fused-ring (bicyclic) bond motifs is 1. The van der Waals surface area contributed by atoms with Crippen LogP contribution in [0, 0.1) is 0 Å². The van der Waals surface area contributed by atoms with E-state index in [-0.39, 0.29) is 18.1 Å². The van der Waals surface area contributed by atoms with Crippen LogP contribution in [0.4, 0.5) is 16.3 Å². The highest BCUT2D eigenvalue weighted by Crippen LogP contribution is 2.31. The van der Waals surface area contributed by atoms with E-state index in [1.165, 1.54) is 0 Å². The molecule has 1 atom stereocenters. The molecule has 3 aliphatic rings. The van der Waals surface area contributed by atoms with E-state index < -0.39 is 0 Å². The lowest BCUT2D eigenvalue weighted by Gasteiger charge is -2.36. The molecule has 1 aromatic carbocycles. The lowest BCUT2D eigenvalue weighted by atomic mass is 10.1. The zero-order chi connectivity index (χ0) is 21.2. The molecule has 2 saturated heterocycles. The van der Waals surface area contributed by atoms with Crippen LogP contribution in [-0.4, -0.2) is 67.7 Å². The first-order chi connectivity index (χ1) is 15.2. The molecule has 0 saturated carbocycles. The number of anilines is 2. The molecule has 2 aromatic rings. The number of morpholine rings is 1. The summed E-state index contributed by atoms with van der Waals surface area (Å²) in [6.45, 7) is 6.67. The molecule has 4 heterocycles. The van der Waals surface area contributed by atoms with Crippen LogP contribution in [0.15, 0.2) is 24.3 Å². The zero-order valence-corrected chi connectivity index (χ0v) is 17.6. The second-order valence-electron chi connectivity index (χ2n) is 8.13. The highest BCUT2D eigenvalue weighted by Gasteiger charge is 2.27. The fourth-order valence-electron chi connectivity index (χ4n) is 4.00. The Labute approximate surface area is 181 Å². The van der Waals surface area contributed by atoms with Gasteiger partial charge in [0.15, 0.2) is 5.82 Å². The first-order valence-corrected chi connectivity index (χ1v) is 10.7. The van der Waals surface area contributed by atoms with Crippen molar-refractivity contribution in [3.8, 4) is 11.4 Å². The van der Waals surface area contributed by atoms with Crippen LogP contribution in [0.25, 0.3) is 11.4 Å². The van der Waals surface area contributed by atoms with Gasteiger partial charge in [0.1, 0.15) is 5.82 Å². The minimum absolute atomic E-state index is 0.0909. The molecule has 0 aliphatic carbocycles. The number of hydrogen-bond acceptors (Lipinski definition) is 7. The second kappa shape index (κ2) is 8.78. The number of ether oxygens (including phenoxy) is 3. The Balaban J connectivity index is 1.39. The molecule has 9 heteroatoms. The van der Waals surface area contributed by atoms with Crippen molar-refractivity contribution in [2.24, 2.45) is 0 Å². The van der Waals surface area contributed by atoms with Crippen LogP contribution in [0.5, 0.6) is 0 Å². The fraction of sp³-hybridized carbons (Fsp3) is 0.500. The normalized spacial score (nSPS) is 21.2. The number of urea groups is 1. The summed E-state index contributed by atoms with van der Waals surface area (Å²) in [6, 6.07) is 7.73. The van der Waals surface area contributed by atoms with Crippen molar-refractivity contribution >= 4 is 17.5 Å². The Bertz CT molecular complexity index is 948. The highest BCUT2D eigenvalue weighted by atomic mass is 16.5. The van der Waals surface area contributed by atoms with E-state index in [4.69, 9.17) is 24.2 Å². The number of aromatic nitrogens is 2. The molecule has 1 aromatic heterocycles. The molecule has 0 spiro atoms. The molecule has 0 radical (unpaired) electrons. The third-order valence-corrected chi connectivity index (χ3v) is 5.81. The lowest BCUT2D eigenvalue weighted by Crippen LogP contribution is -2.49. The van der Waals surface area contributed by atoms with E-state index in [0.29, 0.717) is 45.5 Å². The predicted molar refractivity (Wildman–Crippen MR) is 115 cm³/mol. The average molecular weight is 425 g/mol. The molecule has 9 nitrogen and oxygen atoms in total. The minimum atomic E-state index is -0.227. The van der Waals surface area contributed by atoms with Gasteiger partial charge in [0, 0.05) is 29.8 Å². The number of benzene rings is 1. The number of hydrogen-bond donors (Lipinski definition) is 2. The fourth-order valence-corrected chi connectivity index (χ4v) is 4.00. The van der Waals surface area contributed by atoms with Crippen molar-refractivity contribution < 1.29 is 19.0 Å². The predicted octanol–water partition coefficient (Wildman–Crippen LogP) is 1.96. The summed E-state index contributed by atoms with van der Waals surface area (Å²) in [5.41, 5.74) is 3.76. The molecule has 5 rings (SSSR count). The summed E-state index contributed by atoms with van der Waals surface area (Å²) in [6.07, 6.45) is 0.779. The van der Waals surface area contributed by atoms with E-state index in [1.54, 1.807) is 0 Å². The topological polar surface area (TPSA) is 97.8 Å². The van der Waals surface area contributed by atoms with Gasteiger partial charge in [0.2, 0.25) is 0 Å². The monoisotopic (exact) mass is 425 g/mol. The van der Waals surface area contributed by atoms with Gasteiger partial charge in [-0.3, -0.25) is 0 Å². The summed E-state index contributed by atoms with van der Waals surface area (Å²) < 4.78 is 16.4. The third kappa shape index (κ3) is 4.34. The van der Waals surface area contributed by atoms with E-state index in [9.17, 15) is 4.79 Å². The Hall–Kier alpha value is -2.75. The first kappa shape index (κ1) is 20.2. The van der Waals surface area contributed by atoms with Crippen LogP contribution in [0.1, 0.15) is 18.2 Å². The SMILES string of the molecule is CC1COCCN1c1nc(-c2ccc(NC(=O)NC3COC3)cc2)nc2c1COCC2. The van der Waals surface area contributed by atoms with Crippen LogP contribution in [0.2, 0.25) is 0 Å². The maximum absolute atomic E-state index is 12.1. The zero-order valence-electron chi connectivity index (χ0n) is 17.6. The molecular weight excluding hydrogens is 398 g/mol. The molecule has 0 bridgehead atoms. The lowest BCUT2D eigenvalue weighted by molar-refractivity contribution is 0.000735. The third-order valence-electron chi connectivity index (χ3n) is 5.81. The van der Waals surface area contributed by atoms with Crippen LogP contribution in [-0.2, 0) is 27.2 Å². The van der Waals surface area contributed by atoms with Gasteiger partial charge in [-0.05, 0) is 31.2 Å². The number of nitrogens with zero attached hydrogens (tertiary/aromatic N) is 3. The maximum Gasteiger partial charge on any atom is 0.319 e. The number of carbonyl (C=O) groups is 1. The number of amides is 2. The first-order valence-electron chi connectivity index (χ1n) is 10.7. The van der Waals surface area contributed by atoms with Crippen molar-refractivity contribution in [1.29, 1.82) is 0 Å². The Morgan fingerprint density at radius 1 is 1.06 bits per heavy atom. The number of rotatable bonds is 4. The molecule has 1 unspecified atom stereocenters. The summed E-state index contributed by atoms with van der Waals surface area (Å²) in [4.78, 5) is 24.1. The van der Waals surface area contributed by atoms with Crippen molar-refractivity contribution in [2.75, 3.05) is 49.8 Å². The van der Waals surface area contributed by atoms with Gasteiger partial charge < -0.3 is 29.7 Å². The molecule has 2 amide bonds. The molecule has 2 fully saturated rings. The molecular formula is C22H27N5O4. The second-order valence-corrected chi connectivity index (χ2v) is 8.13. The standard InChI is InChI=1S/C22H27N5O4/c1-14-10-30-9-7-27(14)21-18-13-29-8-6-19(18)25-20(26-21)15-2-4-16(5-3-15)23-22(28)24-17-11-31-12-17/h2-5,14,17H,6-13H2,1H3,(H2,23,24,28). The Morgan fingerprint density at radius 3 is 2.65 bits per heavy atom. The minimum Gasteiger partial charge on any atom is -0.377 e. The van der Waals surface area contributed by atoms with Gasteiger partial charge in [-0.25, -0.2) is 14.8 Å². The van der Waals surface area contributed by atoms with Gasteiger partial charge in [0.05, 0.1) is 57.4 Å². The van der Waals surface area contributed by atoms with Crippen LogP contribution >= 0.6 is 0 Å². The van der Waals surface area contributed by atoms with Gasteiger partial charge in [-0.1, -0.05) is 0 Å². The van der Waals surface area contributed by atoms with Gasteiger partial charge in [-0.15, -0.1) is 0 Å². The summed E-state index contributed by atoms with van der Waals surface area (Å²) in [5, 5.41) is 5.72. The largest absolute Gasteiger partial charge is 0.377 e. The maximum atomic E-state index is 12.1. The van der Waals surface area contributed by atoms with E-state index in [1.807, 2.05) is 24.3 Å². The van der Waals surface area contributed by atoms with Gasteiger partial charge in [0.25, 0.3) is 0 Å². The molecule has 164 valence electrons. The summed E-state index contributed by atoms with van der Waals surface area (Å²) in [5.74, 6) is 1.64. The van der Waals surface area contributed by atoms with E-state index in [0.717, 1.165) is 41.3 Å². The molecule has 2 N–H and O–H groups in total. The average Bonchev–Trinajstić information content (AvgIpc) is 2.76. The van der Waals surface area contributed by atoms with Crippen molar-refractivity contribution in [2.45, 2.75) is 32.0 Å². The number of nitrogens with one attached hydrogen (secondary N) is 2. The van der Waals surface area contributed by atoms with Gasteiger partial charge in [-0.2, -0.15) is 0 Å². The smallest absolute Gasteiger partial charge is 0.319 e. The van der Waals surface area contributed by atoms with E-state index >= 15 is 0 Å². The number of carbonyl (C=O) groups excluding carboxylic acids is 1. The van der Waals surface area contributed by atoms with Crippen molar-refractivity contribution in [3.05, 3.63) is 35.5 Å². The quantitative estimate of drug-likeness (QED) is 0.773. The Kier molecular flexibility index (Phi) is 5.71. The summed E-state index contributed by atoms with van der Waals surface area (Å²) >= 11 is 0. The highest BCUT2D eigenvalue weighted by molar-refractivity contribution is 5.89. The van der Waals surface area contributed by atoms with Crippen LogP contribution < -0.4 is 15.5 Å². The Morgan fingerprint density at radius 2 is 1.90 bits per heavy atom. The van der Waals surface area contributed by atoms with Crippen molar-refractivity contribution in [3.63, 3.8) is 0 Å². The van der Waals surface area contributed by atoms with E-state index in [2.05, 4.69) is 22.5 Å². The van der Waals surface area contributed by atoms with Gasteiger partial charge >= 0.3 is 6.03 Å². The van der Waals surface area contributed by atoms with Crippen molar-refractivity contribution in [1.82, 2.24) is 15.3 Å². The molecule has 3 aliphatic heterocycles.